The third-order valence-electron chi connectivity index (χ3n) is 14.8. The normalized spacial score (nSPS) is 13.9. The summed E-state index contributed by atoms with van der Waals surface area (Å²) in [6, 6.07) is -0.851. The number of phosphoric acid groups is 1. The van der Waals surface area contributed by atoms with Crippen LogP contribution >= 0.6 is 7.82 Å². The van der Waals surface area contributed by atoms with Crippen molar-refractivity contribution in [1.82, 2.24) is 5.32 Å². The highest BCUT2D eigenvalue weighted by atomic mass is 31.2. The van der Waals surface area contributed by atoms with Gasteiger partial charge in [0.25, 0.3) is 0 Å². The number of phosphoric ester groups is 1. The van der Waals surface area contributed by atoms with E-state index >= 15 is 0 Å². The minimum absolute atomic E-state index is 0.0391. The summed E-state index contributed by atoms with van der Waals surface area (Å²) in [5, 5.41) is 3.06. The number of esters is 1. The summed E-state index contributed by atoms with van der Waals surface area (Å²) in [5.74, 6) is -0.507. The third kappa shape index (κ3) is 58.4. The van der Waals surface area contributed by atoms with E-state index in [1.165, 1.54) is 199 Å². The van der Waals surface area contributed by atoms with E-state index in [-0.39, 0.29) is 31.5 Å². The van der Waals surface area contributed by atoms with Gasteiger partial charge in [-0.15, -0.1) is 0 Å². The van der Waals surface area contributed by atoms with Crippen molar-refractivity contribution in [3.63, 3.8) is 0 Å². The summed E-state index contributed by atoms with van der Waals surface area (Å²) in [4.78, 5) is 37.8. The first kappa shape index (κ1) is 75.0. The van der Waals surface area contributed by atoms with Crippen LogP contribution in [0.25, 0.3) is 0 Å². The Hall–Kier alpha value is -2.03. The van der Waals surface area contributed by atoms with Gasteiger partial charge in [0, 0.05) is 12.8 Å². The Kier molecular flexibility index (Phi) is 55.7. The van der Waals surface area contributed by atoms with Crippen LogP contribution < -0.4 is 5.32 Å². The molecule has 0 aliphatic rings. The fourth-order valence-electron chi connectivity index (χ4n) is 9.65. The van der Waals surface area contributed by atoms with Crippen molar-refractivity contribution < 1.29 is 37.3 Å². The number of unbranched alkanes of at least 4 members (excludes halogenated alkanes) is 38. The maximum Gasteiger partial charge on any atom is 0.472 e. The van der Waals surface area contributed by atoms with E-state index in [1.54, 1.807) is 0 Å². The number of nitrogens with one attached hydrogen (secondary N) is 1. The molecule has 0 radical (unpaired) electrons. The van der Waals surface area contributed by atoms with Crippen molar-refractivity contribution >= 4 is 19.7 Å². The predicted octanol–water partition coefficient (Wildman–Crippen LogP) is 20.5. The number of carbonyl (C=O) groups excluding carboxylic acids is 2. The van der Waals surface area contributed by atoms with Crippen LogP contribution in [0.4, 0.5) is 0 Å². The lowest BCUT2D eigenvalue weighted by Gasteiger charge is -2.27. The van der Waals surface area contributed by atoms with Crippen LogP contribution in [-0.4, -0.2) is 74.3 Å². The van der Waals surface area contributed by atoms with E-state index in [9.17, 15) is 19.0 Å². The molecule has 0 aromatic heterocycles. The molecule has 9 nitrogen and oxygen atoms in total. The number of hydrogen-bond acceptors (Lipinski definition) is 6. The molecular weight excluding hydrogens is 976 g/mol. The van der Waals surface area contributed by atoms with Crippen LogP contribution in [0.3, 0.4) is 0 Å². The lowest BCUT2D eigenvalue weighted by atomic mass is 10.0. The molecule has 1 amide bonds. The van der Waals surface area contributed by atoms with Gasteiger partial charge in [-0.25, -0.2) is 4.57 Å². The Bertz CT molecular complexity index is 1460. The largest absolute Gasteiger partial charge is 0.472 e. The van der Waals surface area contributed by atoms with Crippen LogP contribution in [0.15, 0.2) is 48.6 Å². The third-order valence-corrected chi connectivity index (χ3v) is 15.8. The van der Waals surface area contributed by atoms with Gasteiger partial charge in [-0.05, 0) is 70.3 Å². The second kappa shape index (κ2) is 57.2. The summed E-state index contributed by atoms with van der Waals surface area (Å²) in [6.07, 6.45) is 71.1. The van der Waals surface area contributed by atoms with Crippen molar-refractivity contribution in [2.24, 2.45) is 0 Å². The number of nitrogens with zero attached hydrogens (tertiary/aromatic N) is 1. The number of hydrogen-bond donors (Lipinski definition) is 2. The van der Waals surface area contributed by atoms with Gasteiger partial charge in [-0.1, -0.05) is 282 Å². The Balaban J connectivity index is 5.14. The van der Waals surface area contributed by atoms with Gasteiger partial charge in [-0.3, -0.25) is 18.6 Å². The first-order valence-corrected chi connectivity index (χ1v) is 34.5. The molecule has 0 rings (SSSR count). The molecule has 0 aromatic rings. The highest BCUT2D eigenvalue weighted by Gasteiger charge is 2.30. The molecule has 0 aliphatic heterocycles. The Labute approximate surface area is 478 Å². The highest BCUT2D eigenvalue weighted by molar-refractivity contribution is 7.47. The molecule has 0 fully saturated rings. The van der Waals surface area contributed by atoms with E-state index in [0.29, 0.717) is 17.4 Å². The van der Waals surface area contributed by atoms with Crippen molar-refractivity contribution in [3.8, 4) is 0 Å². The molecule has 0 saturated heterocycles. The van der Waals surface area contributed by atoms with Crippen molar-refractivity contribution in [2.45, 2.75) is 328 Å². The topological polar surface area (TPSA) is 111 Å². The summed E-state index contributed by atoms with van der Waals surface area (Å²) in [7, 11) is 1.50. The number of ether oxygens (including phenoxy) is 1. The maximum atomic E-state index is 13.6. The molecular formula is C67H128N2O7P+. The molecule has 10 heteroatoms. The second-order valence-corrected chi connectivity index (χ2v) is 25.1. The van der Waals surface area contributed by atoms with Gasteiger partial charge < -0.3 is 19.4 Å². The van der Waals surface area contributed by atoms with E-state index in [0.717, 1.165) is 83.5 Å². The number of carbonyl (C=O) groups is 2. The molecule has 0 aromatic carbocycles. The minimum Gasteiger partial charge on any atom is -0.456 e. The molecule has 0 aliphatic carbocycles. The van der Waals surface area contributed by atoms with Crippen molar-refractivity contribution in [2.75, 3.05) is 40.9 Å². The minimum atomic E-state index is -4.45. The average Bonchev–Trinajstić information content (AvgIpc) is 3.39. The second-order valence-electron chi connectivity index (χ2n) is 23.6. The molecule has 0 saturated carbocycles. The van der Waals surface area contributed by atoms with Gasteiger partial charge in [-0.2, -0.15) is 0 Å². The Morgan fingerprint density at radius 3 is 1.21 bits per heavy atom. The number of quaternary nitrogens is 1. The standard InChI is InChI=1S/C67H127N2O7P/c1-7-10-13-16-19-22-25-27-29-31-33-34-36-37-39-41-44-47-50-53-56-59-66(70)68-64(63-75-77(72,73)74-62-61-69(4,5)6)65(58-55-52-49-46-43-24-21-18-15-12-9-3)76-67(71)60-57-54-51-48-45-42-40-38-35-32-30-28-26-23-20-17-14-11-8-2/h20,23,28,30,35,38,55,58,64-65H,7-19,21-22,24-27,29,31-34,36-37,39-54,56-57,59-63H2,1-6H3,(H-,68,70,72,73)/p+1/b23-20-,30-28-,38-35-,58-55+. The van der Waals surface area contributed by atoms with E-state index < -0.39 is 20.0 Å². The van der Waals surface area contributed by atoms with E-state index in [2.05, 4.69) is 62.5 Å². The maximum absolute atomic E-state index is 13.6. The summed E-state index contributed by atoms with van der Waals surface area (Å²) >= 11 is 0. The van der Waals surface area contributed by atoms with Crippen molar-refractivity contribution in [3.05, 3.63) is 48.6 Å². The van der Waals surface area contributed by atoms with Gasteiger partial charge in [0.05, 0.1) is 33.8 Å². The Morgan fingerprint density at radius 2 is 0.792 bits per heavy atom. The Morgan fingerprint density at radius 1 is 0.455 bits per heavy atom. The van der Waals surface area contributed by atoms with Crippen LogP contribution in [0.1, 0.15) is 316 Å². The molecule has 0 spiro atoms. The smallest absolute Gasteiger partial charge is 0.456 e. The lowest BCUT2D eigenvalue weighted by Crippen LogP contribution is -2.47. The molecule has 0 heterocycles. The number of likely N-dealkylation sites (N-methyl/N-ethyl adjacent to an activating group) is 1. The zero-order chi connectivity index (χ0) is 56.4. The van der Waals surface area contributed by atoms with E-state index in [4.69, 9.17) is 13.8 Å². The zero-order valence-electron chi connectivity index (χ0n) is 51.7. The van der Waals surface area contributed by atoms with Crippen LogP contribution in [-0.2, 0) is 27.9 Å². The quantitative estimate of drug-likeness (QED) is 0.0205. The first-order valence-electron chi connectivity index (χ1n) is 33.0. The van der Waals surface area contributed by atoms with Gasteiger partial charge in [0.2, 0.25) is 5.91 Å². The highest BCUT2D eigenvalue weighted by Crippen LogP contribution is 2.43. The number of rotatable bonds is 60. The summed E-state index contributed by atoms with van der Waals surface area (Å²) in [6.45, 7) is 7.01. The monoisotopic (exact) mass is 1100 g/mol. The summed E-state index contributed by atoms with van der Waals surface area (Å²) in [5.41, 5.74) is 0. The molecule has 3 unspecified atom stereocenters. The molecule has 3 atom stereocenters. The lowest BCUT2D eigenvalue weighted by molar-refractivity contribution is -0.870. The van der Waals surface area contributed by atoms with Gasteiger partial charge in [0.1, 0.15) is 19.3 Å². The van der Waals surface area contributed by atoms with Crippen LogP contribution in [0, 0.1) is 0 Å². The zero-order valence-corrected chi connectivity index (χ0v) is 52.6. The molecule has 2 N–H and O–H groups in total. The molecule has 452 valence electrons. The molecule has 0 bridgehead atoms. The number of allylic oxidation sites excluding steroid dienone is 7. The van der Waals surface area contributed by atoms with Gasteiger partial charge in [0.15, 0.2) is 0 Å². The molecule has 77 heavy (non-hydrogen) atoms. The summed E-state index contributed by atoms with van der Waals surface area (Å²) < 4.78 is 30.7. The fourth-order valence-corrected chi connectivity index (χ4v) is 10.4. The average molecular weight is 1100 g/mol. The first-order chi connectivity index (χ1) is 37.4. The predicted molar refractivity (Wildman–Crippen MR) is 332 cm³/mol. The van der Waals surface area contributed by atoms with Crippen molar-refractivity contribution in [1.29, 1.82) is 0 Å². The SMILES string of the molecule is CCCCC/C=C\C/C=C\C/C=C\CCCCCCCCC(=O)OC(/C=C/CCCCCCCCCCC)C(COP(=O)(O)OCC[N+](C)(C)C)NC(=O)CCCCCCCCCCCCCCCCCCCCCCC. The number of amides is 1. The van der Waals surface area contributed by atoms with Crippen LogP contribution in [0.2, 0.25) is 0 Å². The van der Waals surface area contributed by atoms with Gasteiger partial charge >= 0.3 is 13.8 Å². The van der Waals surface area contributed by atoms with Crippen LogP contribution in [0.5, 0.6) is 0 Å². The fraction of sp³-hybridized carbons (Fsp3) is 0.851. The van der Waals surface area contributed by atoms with E-state index in [1.807, 2.05) is 33.3 Å².